The van der Waals surface area contributed by atoms with Gasteiger partial charge in [-0.05, 0) is 37.3 Å². The third-order valence-electron chi connectivity index (χ3n) is 5.04. The van der Waals surface area contributed by atoms with Gasteiger partial charge in [-0.25, -0.2) is 0 Å². The predicted octanol–water partition coefficient (Wildman–Crippen LogP) is 2.74. The lowest BCUT2D eigenvalue weighted by atomic mass is 9.66. The van der Waals surface area contributed by atoms with Gasteiger partial charge in [0.15, 0.2) is 0 Å². The molecule has 1 atom stereocenters. The lowest BCUT2D eigenvalue weighted by molar-refractivity contribution is -0.0786. The fourth-order valence-electron chi connectivity index (χ4n) is 3.82. The molecule has 1 aliphatic heterocycles. The molecule has 1 aromatic carbocycles. The van der Waals surface area contributed by atoms with E-state index in [9.17, 15) is 5.11 Å². The molecule has 0 spiro atoms. The van der Waals surface area contributed by atoms with E-state index < -0.39 is 5.60 Å². The Morgan fingerprint density at radius 2 is 1.83 bits per heavy atom. The molecule has 0 aromatic heterocycles. The van der Waals surface area contributed by atoms with Crippen LogP contribution in [0.25, 0.3) is 0 Å². The van der Waals surface area contributed by atoms with E-state index in [1.165, 1.54) is 17.5 Å². The van der Waals surface area contributed by atoms with Crippen LogP contribution in [-0.2, 0) is 12.0 Å². The summed E-state index contributed by atoms with van der Waals surface area (Å²) in [6.07, 6.45) is 6.48. The molecule has 0 amide bonds. The Hall–Kier alpha value is -0.860. The minimum atomic E-state index is -0.582. The number of aliphatic hydroxyl groups is 1. The smallest absolute Gasteiger partial charge is 0.0867 e. The van der Waals surface area contributed by atoms with E-state index in [4.69, 9.17) is 0 Å². The number of hydrogen-bond donors (Lipinski definition) is 2. The Bertz CT molecular complexity index is 436. The normalized spacial score (nSPS) is 30.8. The second-order valence-corrected chi connectivity index (χ2v) is 6.05. The van der Waals surface area contributed by atoms with Crippen molar-refractivity contribution >= 4 is 0 Å². The van der Waals surface area contributed by atoms with Crippen LogP contribution in [0.2, 0.25) is 0 Å². The Labute approximate surface area is 109 Å². The van der Waals surface area contributed by atoms with Gasteiger partial charge in [-0.1, -0.05) is 43.5 Å². The van der Waals surface area contributed by atoms with E-state index in [0.29, 0.717) is 0 Å². The number of hydrogen-bond acceptors (Lipinski definition) is 2. The van der Waals surface area contributed by atoms with E-state index >= 15 is 0 Å². The van der Waals surface area contributed by atoms with E-state index in [0.717, 1.165) is 38.6 Å². The Morgan fingerprint density at radius 1 is 1.11 bits per heavy atom. The molecule has 18 heavy (non-hydrogen) atoms. The third-order valence-corrected chi connectivity index (χ3v) is 5.04. The maximum absolute atomic E-state index is 11.1. The largest absolute Gasteiger partial charge is 0.388 e. The van der Waals surface area contributed by atoms with Crippen molar-refractivity contribution in [3.63, 3.8) is 0 Å². The molecule has 1 aliphatic carbocycles. The molecule has 2 aliphatic rings. The lowest BCUT2D eigenvalue weighted by Gasteiger charge is -2.50. The zero-order chi connectivity index (χ0) is 12.6. The second-order valence-electron chi connectivity index (χ2n) is 6.05. The molecule has 2 heteroatoms. The molecule has 1 heterocycles. The molecular formula is C16H23NO. The summed E-state index contributed by atoms with van der Waals surface area (Å²) in [5, 5.41) is 14.8. The van der Waals surface area contributed by atoms with Crippen LogP contribution in [0.15, 0.2) is 24.3 Å². The summed E-state index contributed by atoms with van der Waals surface area (Å²) in [7, 11) is 0. The summed E-state index contributed by atoms with van der Waals surface area (Å²) < 4.78 is 0. The van der Waals surface area contributed by atoms with E-state index in [1.807, 2.05) is 0 Å². The molecule has 0 radical (unpaired) electrons. The van der Waals surface area contributed by atoms with Crippen molar-refractivity contribution in [2.45, 2.75) is 56.6 Å². The van der Waals surface area contributed by atoms with Gasteiger partial charge in [-0.2, -0.15) is 0 Å². The average Bonchev–Trinajstić information content (AvgIpc) is 2.40. The van der Waals surface area contributed by atoms with Crippen molar-refractivity contribution < 1.29 is 5.11 Å². The van der Waals surface area contributed by atoms with Gasteiger partial charge in [0, 0.05) is 6.54 Å². The summed E-state index contributed by atoms with van der Waals surface area (Å²) >= 11 is 0. The number of benzene rings is 1. The van der Waals surface area contributed by atoms with Crippen molar-refractivity contribution in [1.29, 1.82) is 0 Å². The standard InChI is InChI=1S/C16H23NO/c1-15(16(18)10-5-2-6-11-16)14-8-4-3-7-13(14)9-12-17-15/h3-4,7-8,17-18H,2,5-6,9-12H2,1H3/t15-/m1/s1. The summed E-state index contributed by atoms with van der Waals surface area (Å²) in [6.45, 7) is 3.16. The Morgan fingerprint density at radius 3 is 2.61 bits per heavy atom. The van der Waals surface area contributed by atoms with Gasteiger partial charge in [0.05, 0.1) is 11.1 Å². The number of rotatable bonds is 1. The van der Waals surface area contributed by atoms with Gasteiger partial charge in [0.25, 0.3) is 0 Å². The highest BCUT2D eigenvalue weighted by molar-refractivity contribution is 5.38. The Kier molecular flexibility index (Phi) is 2.95. The van der Waals surface area contributed by atoms with Crippen LogP contribution in [-0.4, -0.2) is 17.3 Å². The fraction of sp³-hybridized carbons (Fsp3) is 0.625. The quantitative estimate of drug-likeness (QED) is 0.797. The molecular weight excluding hydrogens is 222 g/mol. The Balaban J connectivity index is 2.04. The van der Waals surface area contributed by atoms with E-state index in [1.54, 1.807) is 0 Å². The molecule has 0 bridgehead atoms. The van der Waals surface area contributed by atoms with Gasteiger partial charge < -0.3 is 10.4 Å². The molecule has 1 aromatic rings. The molecule has 2 N–H and O–H groups in total. The van der Waals surface area contributed by atoms with Crippen LogP contribution in [0, 0.1) is 0 Å². The van der Waals surface area contributed by atoms with E-state index in [2.05, 4.69) is 36.5 Å². The second kappa shape index (κ2) is 4.36. The first-order valence-corrected chi connectivity index (χ1v) is 7.22. The van der Waals surface area contributed by atoms with Crippen molar-refractivity contribution in [3.8, 4) is 0 Å². The first kappa shape index (κ1) is 12.2. The minimum absolute atomic E-state index is 0.276. The molecule has 3 rings (SSSR count). The summed E-state index contributed by atoms with van der Waals surface area (Å²) in [5.74, 6) is 0. The SMILES string of the molecule is C[C@@]1(C2(O)CCCCC2)NCCc2ccccc21. The zero-order valence-electron chi connectivity index (χ0n) is 11.2. The highest BCUT2D eigenvalue weighted by atomic mass is 16.3. The molecule has 0 saturated heterocycles. The maximum Gasteiger partial charge on any atom is 0.0867 e. The zero-order valence-corrected chi connectivity index (χ0v) is 11.2. The van der Waals surface area contributed by atoms with Crippen LogP contribution in [0.5, 0.6) is 0 Å². The molecule has 2 nitrogen and oxygen atoms in total. The van der Waals surface area contributed by atoms with Crippen LogP contribution < -0.4 is 5.32 Å². The highest BCUT2D eigenvalue weighted by Crippen LogP contribution is 2.44. The summed E-state index contributed by atoms with van der Waals surface area (Å²) in [5.41, 5.74) is 1.85. The van der Waals surface area contributed by atoms with Gasteiger partial charge in [-0.3, -0.25) is 0 Å². The number of fused-ring (bicyclic) bond motifs is 1. The first-order valence-electron chi connectivity index (χ1n) is 7.22. The minimum Gasteiger partial charge on any atom is -0.388 e. The van der Waals surface area contributed by atoms with E-state index in [-0.39, 0.29) is 5.54 Å². The van der Waals surface area contributed by atoms with Crippen molar-refractivity contribution in [1.82, 2.24) is 5.32 Å². The molecule has 1 fully saturated rings. The summed E-state index contributed by atoms with van der Waals surface area (Å²) in [4.78, 5) is 0. The maximum atomic E-state index is 11.1. The molecule has 1 saturated carbocycles. The molecule has 98 valence electrons. The molecule has 0 unspecified atom stereocenters. The van der Waals surface area contributed by atoms with Crippen molar-refractivity contribution in [3.05, 3.63) is 35.4 Å². The van der Waals surface area contributed by atoms with Crippen molar-refractivity contribution in [2.24, 2.45) is 0 Å². The lowest BCUT2D eigenvalue weighted by Crippen LogP contribution is -2.61. The number of nitrogens with one attached hydrogen (secondary N) is 1. The predicted molar refractivity (Wildman–Crippen MR) is 73.5 cm³/mol. The van der Waals surface area contributed by atoms with Crippen LogP contribution >= 0.6 is 0 Å². The van der Waals surface area contributed by atoms with Crippen LogP contribution in [0.1, 0.15) is 50.2 Å². The fourth-order valence-corrected chi connectivity index (χ4v) is 3.82. The van der Waals surface area contributed by atoms with Gasteiger partial charge >= 0.3 is 0 Å². The topological polar surface area (TPSA) is 32.3 Å². The van der Waals surface area contributed by atoms with Crippen LogP contribution in [0.3, 0.4) is 0 Å². The highest BCUT2D eigenvalue weighted by Gasteiger charge is 2.49. The third kappa shape index (κ3) is 1.70. The first-order chi connectivity index (χ1) is 8.66. The summed E-state index contributed by atoms with van der Waals surface area (Å²) in [6, 6.07) is 8.60. The van der Waals surface area contributed by atoms with Crippen LogP contribution in [0.4, 0.5) is 0 Å². The van der Waals surface area contributed by atoms with Gasteiger partial charge in [0.1, 0.15) is 0 Å². The average molecular weight is 245 g/mol. The monoisotopic (exact) mass is 245 g/mol. The van der Waals surface area contributed by atoms with Crippen molar-refractivity contribution in [2.75, 3.05) is 6.54 Å². The van der Waals surface area contributed by atoms with Gasteiger partial charge in [0.2, 0.25) is 0 Å². The van der Waals surface area contributed by atoms with Gasteiger partial charge in [-0.15, -0.1) is 0 Å².